The molecule has 2 aromatic heterocycles. The van der Waals surface area contributed by atoms with E-state index in [-0.39, 0.29) is 0 Å². The quantitative estimate of drug-likeness (QED) is 0.761. The lowest BCUT2D eigenvalue weighted by molar-refractivity contribution is 0.328. The molecule has 0 saturated carbocycles. The topological polar surface area (TPSA) is 47.9 Å². The van der Waals surface area contributed by atoms with Crippen molar-refractivity contribution in [3.05, 3.63) is 37.1 Å². The van der Waals surface area contributed by atoms with Gasteiger partial charge < -0.3 is 4.74 Å². The monoisotopic (exact) mass is 201 g/mol. The first-order valence-corrected chi connectivity index (χ1v) is 4.75. The van der Waals surface area contributed by atoms with Crippen molar-refractivity contribution in [2.45, 2.75) is 6.92 Å². The molecule has 0 bridgehead atoms. The Morgan fingerprint density at radius 3 is 2.80 bits per heavy atom. The summed E-state index contributed by atoms with van der Waals surface area (Å²) in [7, 11) is 0. The number of rotatable bonds is 3. The molecule has 0 N–H and O–H groups in total. The summed E-state index contributed by atoms with van der Waals surface area (Å²) in [5.41, 5.74) is 1.83. The van der Waals surface area contributed by atoms with Gasteiger partial charge in [-0.15, -0.1) is 0 Å². The normalized spacial score (nSPS) is 9.93. The fraction of sp³-hybridized carbons (Fsp3) is 0.182. The van der Waals surface area contributed by atoms with Crippen LogP contribution in [0, 0.1) is 0 Å². The molecule has 2 aromatic rings. The molecule has 76 valence electrons. The molecule has 0 saturated heterocycles. The SMILES string of the molecule is CCOc1ncccc1-c1cncnc1. The average Bonchev–Trinajstić information content (AvgIpc) is 2.31. The molecule has 15 heavy (non-hydrogen) atoms. The summed E-state index contributed by atoms with van der Waals surface area (Å²) in [4.78, 5) is 12.1. The van der Waals surface area contributed by atoms with Gasteiger partial charge in [-0.1, -0.05) is 0 Å². The Bertz CT molecular complexity index is 431. The number of pyridine rings is 1. The highest BCUT2D eigenvalue weighted by Crippen LogP contribution is 2.25. The highest BCUT2D eigenvalue weighted by atomic mass is 16.5. The van der Waals surface area contributed by atoms with Crippen molar-refractivity contribution >= 4 is 0 Å². The van der Waals surface area contributed by atoms with E-state index in [1.165, 1.54) is 6.33 Å². The van der Waals surface area contributed by atoms with Gasteiger partial charge >= 0.3 is 0 Å². The Balaban J connectivity index is 2.43. The van der Waals surface area contributed by atoms with Gasteiger partial charge in [-0.05, 0) is 19.1 Å². The lowest BCUT2D eigenvalue weighted by atomic mass is 10.1. The molecule has 4 heteroatoms. The van der Waals surface area contributed by atoms with Crippen LogP contribution in [0.5, 0.6) is 5.88 Å². The third-order valence-electron chi connectivity index (χ3n) is 1.92. The first-order valence-electron chi connectivity index (χ1n) is 4.75. The van der Waals surface area contributed by atoms with Gasteiger partial charge in [0.2, 0.25) is 5.88 Å². The van der Waals surface area contributed by atoms with E-state index in [9.17, 15) is 0 Å². The minimum Gasteiger partial charge on any atom is -0.478 e. The second-order valence-corrected chi connectivity index (χ2v) is 2.92. The maximum atomic E-state index is 5.42. The highest BCUT2D eigenvalue weighted by molar-refractivity contribution is 5.66. The van der Waals surface area contributed by atoms with Crippen LogP contribution in [0.3, 0.4) is 0 Å². The highest BCUT2D eigenvalue weighted by Gasteiger charge is 2.06. The smallest absolute Gasteiger partial charge is 0.221 e. The van der Waals surface area contributed by atoms with Crippen LogP contribution >= 0.6 is 0 Å². The fourth-order valence-electron chi connectivity index (χ4n) is 1.30. The first kappa shape index (κ1) is 9.58. The standard InChI is InChI=1S/C11H11N3O/c1-2-15-11-10(4-3-5-14-11)9-6-12-8-13-7-9/h3-8H,2H2,1H3. The van der Waals surface area contributed by atoms with Crippen molar-refractivity contribution in [3.63, 3.8) is 0 Å². The Hall–Kier alpha value is -1.97. The van der Waals surface area contributed by atoms with Crippen molar-refractivity contribution in [2.75, 3.05) is 6.61 Å². The summed E-state index contributed by atoms with van der Waals surface area (Å²) in [5, 5.41) is 0. The molecule has 0 aliphatic carbocycles. The average molecular weight is 201 g/mol. The molecular formula is C11H11N3O. The van der Waals surface area contributed by atoms with E-state index in [4.69, 9.17) is 4.74 Å². The molecule has 0 unspecified atom stereocenters. The van der Waals surface area contributed by atoms with Crippen molar-refractivity contribution in [2.24, 2.45) is 0 Å². The van der Waals surface area contributed by atoms with Crippen LogP contribution in [0.15, 0.2) is 37.1 Å². The summed E-state index contributed by atoms with van der Waals surface area (Å²) in [6, 6.07) is 3.81. The van der Waals surface area contributed by atoms with E-state index in [0.717, 1.165) is 11.1 Å². The maximum Gasteiger partial charge on any atom is 0.221 e. The van der Waals surface area contributed by atoms with Gasteiger partial charge in [-0.3, -0.25) is 0 Å². The van der Waals surface area contributed by atoms with Crippen LogP contribution in [0.25, 0.3) is 11.1 Å². The minimum atomic E-state index is 0.595. The van der Waals surface area contributed by atoms with Crippen LogP contribution < -0.4 is 4.74 Å². The van der Waals surface area contributed by atoms with Crippen molar-refractivity contribution in [1.29, 1.82) is 0 Å². The Kier molecular flexibility index (Phi) is 2.88. The summed E-state index contributed by atoms with van der Waals surface area (Å²) < 4.78 is 5.42. The molecule has 0 atom stereocenters. The zero-order valence-electron chi connectivity index (χ0n) is 8.42. The number of aromatic nitrogens is 3. The van der Waals surface area contributed by atoms with Crippen LogP contribution in [-0.4, -0.2) is 21.6 Å². The molecule has 0 radical (unpaired) electrons. The van der Waals surface area contributed by atoms with E-state index >= 15 is 0 Å². The number of nitrogens with zero attached hydrogens (tertiary/aromatic N) is 3. The first-order chi connectivity index (χ1) is 7.42. The molecule has 0 aliphatic heterocycles. The van der Waals surface area contributed by atoms with E-state index in [2.05, 4.69) is 15.0 Å². The van der Waals surface area contributed by atoms with Crippen LogP contribution in [-0.2, 0) is 0 Å². The molecule has 0 aromatic carbocycles. The molecule has 0 aliphatic rings. The van der Waals surface area contributed by atoms with E-state index < -0.39 is 0 Å². The summed E-state index contributed by atoms with van der Waals surface area (Å²) in [6.07, 6.45) is 6.69. The summed E-state index contributed by atoms with van der Waals surface area (Å²) in [5.74, 6) is 0.620. The predicted octanol–water partition coefficient (Wildman–Crippen LogP) is 1.94. The van der Waals surface area contributed by atoms with Crippen LogP contribution in [0.1, 0.15) is 6.92 Å². The van der Waals surface area contributed by atoms with E-state index in [0.29, 0.717) is 12.5 Å². The zero-order chi connectivity index (χ0) is 10.5. The molecule has 4 nitrogen and oxygen atoms in total. The van der Waals surface area contributed by atoms with E-state index in [1.807, 2.05) is 19.1 Å². The summed E-state index contributed by atoms with van der Waals surface area (Å²) >= 11 is 0. The van der Waals surface area contributed by atoms with Crippen molar-refractivity contribution in [1.82, 2.24) is 15.0 Å². The van der Waals surface area contributed by atoms with Crippen LogP contribution in [0.2, 0.25) is 0 Å². The predicted molar refractivity (Wildman–Crippen MR) is 56.4 cm³/mol. The minimum absolute atomic E-state index is 0.595. The Labute approximate surface area is 88.0 Å². The van der Waals surface area contributed by atoms with Gasteiger partial charge in [0.05, 0.1) is 6.61 Å². The number of hydrogen-bond acceptors (Lipinski definition) is 4. The molecule has 2 heterocycles. The van der Waals surface area contributed by atoms with Gasteiger partial charge in [0.1, 0.15) is 6.33 Å². The fourth-order valence-corrected chi connectivity index (χ4v) is 1.30. The van der Waals surface area contributed by atoms with Gasteiger partial charge in [-0.2, -0.15) is 0 Å². The second-order valence-electron chi connectivity index (χ2n) is 2.92. The molecule has 0 amide bonds. The Morgan fingerprint density at radius 2 is 2.07 bits per heavy atom. The molecular weight excluding hydrogens is 190 g/mol. The number of ether oxygens (including phenoxy) is 1. The third-order valence-corrected chi connectivity index (χ3v) is 1.92. The van der Waals surface area contributed by atoms with Gasteiger partial charge in [0.25, 0.3) is 0 Å². The van der Waals surface area contributed by atoms with Gasteiger partial charge in [0, 0.05) is 29.7 Å². The Morgan fingerprint density at radius 1 is 1.27 bits per heavy atom. The van der Waals surface area contributed by atoms with Crippen molar-refractivity contribution in [3.8, 4) is 17.0 Å². The van der Waals surface area contributed by atoms with Crippen LogP contribution in [0.4, 0.5) is 0 Å². The lowest BCUT2D eigenvalue weighted by Crippen LogP contribution is -1.96. The maximum absolute atomic E-state index is 5.42. The molecule has 0 fully saturated rings. The zero-order valence-corrected chi connectivity index (χ0v) is 8.42. The third kappa shape index (κ3) is 2.10. The van der Waals surface area contributed by atoms with Crippen molar-refractivity contribution < 1.29 is 4.74 Å². The second kappa shape index (κ2) is 4.50. The van der Waals surface area contributed by atoms with Gasteiger partial charge in [-0.25, -0.2) is 15.0 Å². The van der Waals surface area contributed by atoms with Gasteiger partial charge in [0.15, 0.2) is 0 Å². The molecule has 2 rings (SSSR count). The van der Waals surface area contributed by atoms with E-state index in [1.54, 1.807) is 18.6 Å². The largest absolute Gasteiger partial charge is 0.478 e. The lowest BCUT2D eigenvalue weighted by Gasteiger charge is -2.07. The summed E-state index contributed by atoms with van der Waals surface area (Å²) in [6.45, 7) is 2.53. The number of hydrogen-bond donors (Lipinski definition) is 0. The molecule has 0 spiro atoms.